The van der Waals surface area contributed by atoms with E-state index >= 15 is 0 Å². The van der Waals surface area contributed by atoms with Gasteiger partial charge in [-0.1, -0.05) is 5.10 Å². The molecule has 0 unspecified atom stereocenters. The van der Waals surface area contributed by atoms with Crippen LogP contribution in [0.2, 0.25) is 0 Å². The summed E-state index contributed by atoms with van der Waals surface area (Å²) >= 11 is 0. The van der Waals surface area contributed by atoms with Crippen LogP contribution in [0.1, 0.15) is 0 Å². The molecule has 0 aliphatic carbocycles. The lowest BCUT2D eigenvalue weighted by Crippen LogP contribution is -2.43. The number of aromatic nitrogens is 2. The predicted octanol–water partition coefficient (Wildman–Crippen LogP) is 1.42. The fourth-order valence-electron chi connectivity index (χ4n) is 1.97. The van der Waals surface area contributed by atoms with Crippen LogP contribution >= 0.6 is 0 Å². The van der Waals surface area contributed by atoms with Crippen molar-refractivity contribution in [1.29, 1.82) is 0 Å². The van der Waals surface area contributed by atoms with E-state index in [0.29, 0.717) is 6.01 Å². The Balaban J connectivity index is 1.89. The summed E-state index contributed by atoms with van der Waals surface area (Å²) in [7, 11) is 0. The van der Waals surface area contributed by atoms with Gasteiger partial charge in [-0.25, -0.2) is 8.78 Å². The van der Waals surface area contributed by atoms with Crippen LogP contribution < -0.4 is 10.2 Å². The maximum absolute atomic E-state index is 13.6. The molecule has 2 heterocycles. The number of nitrogens with one attached hydrogen (secondary N) is 1. The molecule has 1 aromatic heterocycles. The van der Waals surface area contributed by atoms with Crippen molar-refractivity contribution in [2.45, 2.75) is 0 Å². The smallest absolute Gasteiger partial charge is 0.318 e. The lowest BCUT2D eigenvalue weighted by Gasteiger charge is -2.24. The molecule has 7 heteroatoms. The minimum atomic E-state index is -0.586. The van der Waals surface area contributed by atoms with E-state index in [4.69, 9.17) is 4.42 Å². The van der Waals surface area contributed by atoms with Crippen molar-refractivity contribution >= 4 is 6.01 Å². The molecule has 0 radical (unpaired) electrons. The average Bonchev–Trinajstić information content (AvgIpc) is 2.92. The van der Waals surface area contributed by atoms with Crippen molar-refractivity contribution in [2.75, 3.05) is 31.1 Å². The third kappa shape index (κ3) is 2.41. The molecule has 1 aliphatic heterocycles. The van der Waals surface area contributed by atoms with E-state index in [2.05, 4.69) is 15.5 Å². The number of hydrogen-bond acceptors (Lipinski definition) is 5. The van der Waals surface area contributed by atoms with Crippen LogP contribution in [0.3, 0.4) is 0 Å². The predicted molar refractivity (Wildman–Crippen MR) is 64.7 cm³/mol. The van der Waals surface area contributed by atoms with Crippen LogP contribution in [0.5, 0.6) is 0 Å². The van der Waals surface area contributed by atoms with E-state index in [1.165, 1.54) is 0 Å². The Morgan fingerprint density at radius 2 is 1.95 bits per heavy atom. The lowest BCUT2D eigenvalue weighted by atomic mass is 10.2. The molecule has 0 spiro atoms. The van der Waals surface area contributed by atoms with Gasteiger partial charge in [0.05, 0.1) is 5.56 Å². The summed E-state index contributed by atoms with van der Waals surface area (Å²) < 4.78 is 32.1. The van der Waals surface area contributed by atoms with Gasteiger partial charge < -0.3 is 14.6 Å². The molecule has 100 valence electrons. The second kappa shape index (κ2) is 4.93. The van der Waals surface area contributed by atoms with Gasteiger partial charge in [-0.3, -0.25) is 0 Å². The Hall–Kier alpha value is -2.02. The van der Waals surface area contributed by atoms with Gasteiger partial charge in [0.1, 0.15) is 11.6 Å². The van der Waals surface area contributed by atoms with E-state index < -0.39 is 11.6 Å². The minimum Gasteiger partial charge on any atom is -0.403 e. The van der Waals surface area contributed by atoms with Crippen molar-refractivity contribution in [3.8, 4) is 11.5 Å². The number of rotatable bonds is 2. The van der Waals surface area contributed by atoms with E-state index in [1.807, 2.05) is 4.90 Å². The first kappa shape index (κ1) is 12.0. The highest BCUT2D eigenvalue weighted by atomic mass is 19.1. The molecular weight excluding hydrogens is 254 g/mol. The standard InChI is InChI=1S/C12H12F2N4O/c13-8-1-2-10(14)9(7-8)11-16-17-12(19-11)18-5-3-15-4-6-18/h1-2,7,15H,3-6H2. The van der Waals surface area contributed by atoms with Crippen LogP contribution in [0.25, 0.3) is 11.5 Å². The Bertz CT molecular complexity index is 581. The molecule has 0 atom stereocenters. The molecule has 1 N–H and O–H groups in total. The van der Waals surface area contributed by atoms with Gasteiger partial charge in [-0.15, -0.1) is 5.10 Å². The van der Waals surface area contributed by atoms with E-state index in [0.717, 1.165) is 44.4 Å². The summed E-state index contributed by atoms with van der Waals surface area (Å²) in [5.41, 5.74) is -0.0196. The van der Waals surface area contributed by atoms with Gasteiger partial charge in [0.2, 0.25) is 0 Å². The molecule has 2 aromatic rings. The van der Waals surface area contributed by atoms with Crippen LogP contribution in [0, 0.1) is 11.6 Å². The molecule has 0 bridgehead atoms. The molecule has 1 aliphatic rings. The number of anilines is 1. The monoisotopic (exact) mass is 266 g/mol. The first-order chi connectivity index (χ1) is 9.24. The first-order valence-electron chi connectivity index (χ1n) is 5.98. The van der Waals surface area contributed by atoms with Gasteiger partial charge in [0, 0.05) is 26.2 Å². The van der Waals surface area contributed by atoms with Crippen molar-refractivity contribution in [2.24, 2.45) is 0 Å². The fourth-order valence-corrected chi connectivity index (χ4v) is 1.97. The zero-order valence-corrected chi connectivity index (χ0v) is 10.1. The molecule has 1 aromatic carbocycles. The average molecular weight is 266 g/mol. The van der Waals surface area contributed by atoms with E-state index in [9.17, 15) is 8.78 Å². The summed E-state index contributed by atoms with van der Waals surface area (Å²) in [6.45, 7) is 3.14. The van der Waals surface area contributed by atoms with Gasteiger partial charge >= 0.3 is 6.01 Å². The lowest BCUT2D eigenvalue weighted by molar-refractivity contribution is 0.502. The Labute approximate surface area is 108 Å². The number of benzene rings is 1. The Morgan fingerprint density at radius 3 is 2.74 bits per heavy atom. The first-order valence-corrected chi connectivity index (χ1v) is 5.98. The van der Waals surface area contributed by atoms with Crippen molar-refractivity contribution < 1.29 is 13.2 Å². The largest absolute Gasteiger partial charge is 0.403 e. The van der Waals surface area contributed by atoms with Crippen molar-refractivity contribution in [1.82, 2.24) is 15.5 Å². The van der Waals surface area contributed by atoms with Crippen molar-refractivity contribution in [3.63, 3.8) is 0 Å². The maximum Gasteiger partial charge on any atom is 0.318 e. The molecule has 0 amide bonds. The molecule has 1 fully saturated rings. The number of halogens is 2. The van der Waals surface area contributed by atoms with Crippen LogP contribution in [0.15, 0.2) is 22.6 Å². The minimum absolute atomic E-state index is 0.00877. The molecule has 1 saturated heterocycles. The molecule has 0 saturated carbocycles. The highest BCUT2D eigenvalue weighted by molar-refractivity contribution is 5.54. The fraction of sp³-hybridized carbons (Fsp3) is 0.333. The van der Waals surface area contributed by atoms with Gasteiger partial charge in [-0.2, -0.15) is 0 Å². The highest BCUT2D eigenvalue weighted by Gasteiger charge is 2.19. The van der Waals surface area contributed by atoms with E-state index in [1.54, 1.807) is 0 Å². The Morgan fingerprint density at radius 1 is 1.16 bits per heavy atom. The molecule has 5 nitrogen and oxygen atoms in total. The number of nitrogens with zero attached hydrogens (tertiary/aromatic N) is 3. The SMILES string of the molecule is Fc1ccc(F)c(-c2nnc(N3CCNCC3)o2)c1. The molecule has 3 rings (SSSR count). The molecular formula is C12H12F2N4O. The number of piperazine rings is 1. The maximum atomic E-state index is 13.6. The van der Waals surface area contributed by atoms with E-state index in [-0.39, 0.29) is 11.5 Å². The quantitative estimate of drug-likeness (QED) is 0.891. The summed E-state index contributed by atoms with van der Waals surface area (Å²) in [5, 5.41) is 10.9. The van der Waals surface area contributed by atoms with Crippen LogP contribution in [-0.2, 0) is 0 Å². The molecule has 19 heavy (non-hydrogen) atoms. The summed E-state index contributed by atoms with van der Waals surface area (Å²) in [6.07, 6.45) is 0. The second-order valence-electron chi connectivity index (χ2n) is 4.25. The van der Waals surface area contributed by atoms with Gasteiger partial charge in [0.25, 0.3) is 5.89 Å². The third-order valence-electron chi connectivity index (χ3n) is 2.96. The van der Waals surface area contributed by atoms with Crippen LogP contribution in [-0.4, -0.2) is 36.4 Å². The number of hydrogen-bond donors (Lipinski definition) is 1. The normalized spacial score (nSPS) is 15.8. The second-order valence-corrected chi connectivity index (χ2v) is 4.25. The third-order valence-corrected chi connectivity index (χ3v) is 2.96. The van der Waals surface area contributed by atoms with Gasteiger partial charge in [0.15, 0.2) is 0 Å². The van der Waals surface area contributed by atoms with Crippen LogP contribution in [0.4, 0.5) is 14.8 Å². The Kier molecular flexibility index (Phi) is 3.12. The summed E-state index contributed by atoms with van der Waals surface area (Å²) in [4.78, 5) is 1.91. The van der Waals surface area contributed by atoms with Crippen molar-refractivity contribution in [3.05, 3.63) is 29.8 Å². The summed E-state index contributed by atoms with van der Waals surface area (Å²) in [6, 6.07) is 3.47. The van der Waals surface area contributed by atoms with Gasteiger partial charge in [-0.05, 0) is 18.2 Å². The zero-order chi connectivity index (χ0) is 13.2. The summed E-state index contributed by atoms with van der Waals surface area (Å²) in [5.74, 6) is -1.14. The highest BCUT2D eigenvalue weighted by Crippen LogP contribution is 2.25. The topological polar surface area (TPSA) is 54.2 Å². The zero-order valence-electron chi connectivity index (χ0n) is 10.1.